The summed E-state index contributed by atoms with van der Waals surface area (Å²) in [6.45, 7) is 3.95. The van der Waals surface area contributed by atoms with E-state index in [4.69, 9.17) is 16.7 Å². The number of hydrogen-bond acceptors (Lipinski definition) is 8. The van der Waals surface area contributed by atoms with E-state index in [-0.39, 0.29) is 23.0 Å². The molecule has 0 amide bonds. The maximum absolute atomic E-state index is 12.2. The molecule has 0 radical (unpaired) electrons. The Kier molecular flexibility index (Phi) is 7.42. The molecule has 0 spiro atoms. The second kappa shape index (κ2) is 10.5. The fourth-order valence-electron chi connectivity index (χ4n) is 3.48. The first-order valence-electron chi connectivity index (χ1n) is 11.1. The molecule has 8 nitrogen and oxygen atoms in total. The van der Waals surface area contributed by atoms with Gasteiger partial charge in [0.15, 0.2) is 0 Å². The van der Waals surface area contributed by atoms with Gasteiger partial charge in [0, 0.05) is 5.41 Å². The van der Waals surface area contributed by atoms with Gasteiger partial charge in [0.05, 0.1) is 0 Å². The summed E-state index contributed by atoms with van der Waals surface area (Å²) in [6, 6.07) is 29.2. The molecule has 0 heterocycles. The van der Waals surface area contributed by atoms with Crippen LogP contribution in [-0.2, 0) is 26.2 Å². The molecule has 0 aliphatic carbocycles. The summed E-state index contributed by atoms with van der Waals surface area (Å²) in [5.41, 5.74) is 1.24. The van der Waals surface area contributed by atoms with Crippen LogP contribution in [0, 0.1) is 0 Å². The van der Waals surface area contributed by atoms with Gasteiger partial charge in [-0.2, -0.15) is 0 Å². The topological polar surface area (TPSA) is 105 Å². The van der Waals surface area contributed by atoms with E-state index in [1.54, 1.807) is 60.7 Å². The van der Waals surface area contributed by atoms with E-state index in [2.05, 4.69) is 0 Å². The third-order valence-electron chi connectivity index (χ3n) is 5.43. The highest BCUT2D eigenvalue weighted by Gasteiger charge is 2.25. The first-order chi connectivity index (χ1) is 17.5. The van der Waals surface area contributed by atoms with Crippen LogP contribution in [0.2, 0.25) is 0 Å². The minimum absolute atomic E-state index is 0.0999. The minimum atomic E-state index is -4.30. The van der Waals surface area contributed by atoms with Gasteiger partial charge >= 0.3 is 20.8 Å². The maximum atomic E-state index is 12.2. The largest absolute Gasteiger partial charge is 0.500 e. The lowest BCUT2D eigenvalue weighted by Crippen LogP contribution is -2.20. The smallest absolute Gasteiger partial charge is 0.353 e. The Morgan fingerprint density at radius 1 is 0.432 bits per heavy atom. The van der Waals surface area contributed by atoms with Crippen molar-refractivity contribution in [1.29, 1.82) is 0 Å². The molecule has 0 aliphatic rings. The van der Waals surface area contributed by atoms with Crippen molar-refractivity contribution in [2.24, 2.45) is 0 Å². The molecule has 0 saturated carbocycles. The van der Waals surface area contributed by atoms with Gasteiger partial charge < -0.3 is 16.7 Å². The molecule has 4 aromatic carbocycles. The Morgan fingerprint density at radius 3 is 1.00 bits per heavy atom. The second-order valence-electron chi connectivity index (χ2n) is 8.45. The first kappa shape index (κ1) is 26.1. The fraction of sp³-hybridized carbons (Fsp3) is 0.111. The van der Waals surface area contributed by atoms with Crippen LogP contribution >= 0.6 is 0 Å². The molecular formula is C27H24O8S2. The number of rotatable bonds is 10. The quantitative estimate of drug-likeness (QED) is 0.263. The molecule has 37 heavy (non-hydrogen) atoms. The van der Waals surface area contributed by atoms with Gasteiger partial charge in [0.25, 0.3) is 0 Å². The molecule has 0 aliphatic heterocycles. The SMILES string of the molecule is CC(C)(c1ccc(OS(=O)(=O)Oc2ccccc2)cc1)c1ccc(OS(=O)(=O)Oc2ccccc2)cc1. The van der Waals surface area contributed by atoms with Crippen molar-refractivity contribution in [3.05, 3.63) is 120 Å². The lowest BCUT2D eigenvalue weighted by atomic mass is 9.78. The fourth-order valence-corrected chi connectivity index (χ4v) is 4.93. The molecule has 0 N–H and O–H groups in total. The zero-order valence-corrected chi connectivity index (χ0v) is 21.6. The molecule has 192 valence electrons. The van der Waals surface area contributed by atoms with Crippen LogP contribution in [0.5, 0.6) is 23.0 Å². The van der Waals surface area contributed by atoms with Crippen LogP contribution < -0.4 is 16.7 Å². The van der Waals surface area contributed by atoms with E-state index in [1.165, 1.54) is 48.5 Å². The monoisotopic (exact) mass is 540 g/mol. The Morgan fingerprint density at radius 2 is 0.703 bits per heavy atom. The molecular weight excluding hydrogens is 516 g/mol. The average Bonchev–Trinajstić information content (AvgIpc) is 2.85. The van der Waals surface area contributed by atoms with Crippen LogP contribution in [-0.4, -0.2) is 16.8 Å². The van der Waals surface area contributed by atoms with Crippen molar-refractivity contribution >= 4 is 20.8 Å². The summed E-state index contributed by atoms with van der Waals surface area (Å²) in [7, 11) is -8.60. The molecule has 10 heteroatoms. The van der Waals surface area contributed by atoms with Gasteiger partial charge in [0.2, 0.25) is 0 Å². The molecule has 0 saturated heterocycles. The van der Waals surface area contributed by atoms with E-state index in [0.29, 0.717) is 0 Å². The highest BCUT2D eigenvalue weighted by atomic mass is 32.3. The molecule has 4 aromatic rings. The van der Waals surface area contributed by atoms with E-state index >= 15 is 0 Å². The number of benzene rings is 4. The van der Waals surface area contributed by atoms with Crippen molar-refractivity contribution in [3.8, 4) is 23.0 Å². The first-order valence-corrected chi connectivity index (χ1v) is 13.8. The lowest BCUT2D eigenvalue weighted by molar-refractivity contribution is 0.390. The van der Waals surface area contributed by atoms with Gasteiger partial charge in [-0.15, -0.1) is 16.8 Å². The molecule has 0 unspecified atom stereocenters. The van der Waals surface area contributed by atoms with Gasteiger partial charge in [-0.3, -0.25) is 0 Å². The van der Waals surface area contributed by atoms with Crippen LogP contribution in [0.1, 0.15) is 25.0 Å². The van der Waals surface area contributed by atoms with Gasteiger partial charge in [-0.25, -0.2) is 0 Å². The van der Waals surface area contributed by atoms with Crippen molar-refractivity contribution in [2.45, 2.75) is 19.3 Å². The molecule has 4 rings (SSSR count). The summed E-state index contributed by atoms with van der Waals surface area (Å²) in [6.07, 6.45) is 0. The van der Waals surface area contributed by atoms with E-state index < -0.39 is 26.2 Å². The highest BCUT2D eigenvalue weighted by molar-refractivity contribution is 7.82. The van der Waals surface area contributed by atoms with E-state index in [1.807, 2.05) is 13.8 Å². The van der Waals surface area contributed by atoms with E-state index in [9.17, 15) is 16.8 Å². The summed E-state index contributed by atoms with van der Waals surface area (Å²) < 4.78 is 68.8. The Balaban J connectivity index is 1.42. The van der Waals surface area contributed by atoms with E-state index in [0.717, 1.165) is 11.1 Å². The Labute approximate surface area is 216 Å². The highest BCUT2D eigenvalue weighted by Crippen LogP contribution is 2.34. The lowest BCUT2D eigenvalue weighted by Gasteiger charge is -2.26. The Bertz CT molecular complexity index is 1410. The van der Waals surface area contributed by atoms with Crippen molar-refractivity contribution in [3.63, 3.8) is 0 Å². The predicted molar refractivity (Wildman–Crippen MR) is 138 cm³/mol. The zero-order valence-electron chi connectivity index (χ0n) is 20.0. The summed E-state index contributed by atoms with van der Waals surface area (Å²) in [5, 5.41) is 0. The third-order valence-corrected chi connectivity index (χ3v) is 7.02. The molecule has 0 aromatic heterocycles. The summed E-state index contributed by atoms with van der Waals surface area (Å²) in [4.78, 5) is 0. The number of hydrogen-bond donors (Lipinski definition) is 0. The Hall–Kier alpha value is -4.02. The van der Waals surface area contributed by atoms with Crippen molar-refractivity contribution in [1.82, 2.24) is 0 Å². The van der Waals surface area contributed by atoms with Crippen molar-refractivity contribution < 1.29 is 33.6 Å². The van der Waals surface area contributed by atoms with Crippen LogP contribution in [0.3, 0.4) is 0 Å². The zero-order chi connectivity index (χ0) is 26.5. The maximum Gasteiger partial charge on any atom is 0.500 e. The molecule has 0 fully saturated rings. The van der Waals surface area contributed by atoms with Gasteiger partial charge in [-0.1, -0.05) is 74.5 Å². The normalized spacial score (nSPS) is 11.9. The van der Waals surface area contributed by atoms with Crippen LogP contribution in [0.15, 0.2) is 109 Å². The average molecular weight is 541 g/mol. The summed E-state index contributed by atoms with van der Waals surface area (Å²) in [5.74, 6) is 0.491. The predicted octanol–water partition coefficient (Wildman–Crippen LogP) is 5.42. The summed E-state index contributed by atoms with van der Waals surface area (Å²) >= 11 is 0. The van der Waals surface area contributed by atoms with Crippen molar-refractivity contribution in [2.75, 3.05) is 0 Å². The number of para-hydroxylation sites is 2. The molecule has 0 atom stereocenters. The third kappa shape index (κ3) is 7.02. The second-order valence-corrected chi connectivity index (χ2v) is 10.7. The standard InChI is InChI=1S/C27H24O8S2/c1-27(2,21-13-17-25(18-14-21)34-36(28,29)32-23-9-5-3-6-10-23)22-15-19-26(20-16-22)35-37(30,31)33-24-11-7-4-8-12-24/h3-20H,1-2H3. The minimum Gasteiger partial charge on any atom is -0.353 e. The van der Waals surface area contributed by atoms with Gasteiger partial charge in [-0.05, 0) is 59.7 Å². The molecule has 0 bridgehead atoms. The van der Waals surface area contributed by atoms with Crippen LogP contribution in [0.25, 0.3) is 0 Å². The van der Waals surface area contributed by atoms with Crippen LogP contribution in [0.4, 0.5) is 0 Å². The van der Waals surface area contributed by atoms with Gasteiger partial charge in [0.1, 0.15) is 23.0 Å².